The third kappa shape index (κ3) is 3.79. The minimum absolute atomic E-state index is 0.0335. The van der Waals surface area contributed by atoms with Crippen LogP contribution in [0.15, 0.2) is 21.9 Å². The molecule has 0 radical (unpaired) electrons. The molecule has 1 aliphatic heterocycles. The van der Waals surface area contributed by atoms with Gasteiger partial charge in [-0.05, 0) is 25.1 Å². The van der Waals surface area contributed by atoms with Gasteiger partial charge in [0.25, 0.3) is 5.56 Å². The van der Waals surface area contributed by atoms with E-state index in [9.17, 15) is 14.7 Å². The smallest absolute Gasteiger partial charge is 0.330 e. The lowest BCUT2D eigenvalue weighted by atomic mass is 9.98. The first-order valence-corrected chi connectivity index (χ1v) is 11.2. The molecule has 0 aromatic carbocycles. The number of aliphatic hydroxyl groups is 1. The molecule has 1 fully saturated rings. The minimum atomic E-state index is -2.20. The van der Waals surface area contributed by atoms with Crippen molar-refractivity contribution in [1.29, 1.82) is 0 Å². The highest BCUT2D eigenvalue weighted by atomic mass is 28.4. The van der Waals surface area contributed by atoms with Gasteiger partial charge in [0.1, 0.15) is 12.2 Å². The first-order valence-electron chi connectivity index (χ1n) is 8.25. The van der Waals surface area contributed by atoms with Gasteiger partial charge in [0.2, 0.25) is 0 Å². The van der Waals surface area contributed by atoms with E-state index in [1.54, 1.807) is 0 Å². The fraction of sp³-hybridized carbons (Fsp3) is 0.750. The Morgan fingerprint density at radius 1 is 1.44 bits per heavy atom. The molecule has 2 N–H and O–H groups in total. The van der Waals surface area contributed by atoms with Crippen molar-refractivity contribution in [3.63, 3.8) is 0 Å². The predicted octanol–water partition coefficient (Wildman–Crippen LogP) is 1.54. The first kappa shape index (κ1) is 20.0. The maximum absolute atomic E-state index is 15.1. The van der Waals surface area contributed by atoms with Crippen LogP contribution >= 0.6 is 0 Å². The van der Waals surface area contributed by atoms with Crippen molar-refractivity contribution in [2.75, 3.05) is 6.61 Å². The Kier molecular flexibility index (Phi) is 5.17. The lowest BCUT2D eigenvalue weighted by molar-refractivity contribution is -0.0597. The number of rotatable bonds is 4. The summed E-state index contributed by atoms with van der Waals surface area (Å²) < 4.78 is 27.6. The molecule has 1 aromatic rings. The summed E-state index contributed by atoms with van der Waals surface area (Å²) in [6, 6.07) is 1.10. The fourth-order valence-electron chi connectivity index (χ4n) is 2.47. The Morgan fingerprint density at radius 3 is 2.56 bits per heavy atom. The van der Waals surface area contributed by atoms with Crippen LogP contribution < -0.4 is 11.2 Å². The monoisotopic (exact) mass is 374 g/mol. The lowest BCUT2D eigenvalue weighted by Gasteiger charge is -2.37. The third-order valence-electron chi connectivity index (χ3n) is 5.24. The van der Waals surface area contributed by atoms with E-state index in [0.29, 0.717) is 0 Å². The SMILES string of the molecule is CC(C)(C)[Si](C)(C)OC[C@H]1O[C@@H](n2ccc(=O)[nH]c2=O)[C@@](C)(F)C1O. The van der Waals surface area contributed by atoms with Gasteiger partial charge in [-0.1, -0.05) is 20.8 Å². The van der Waals surface area contributed by atoms with Crippen molar-refractivity contribution >= 4 is 8.32 Å². The summed E-state index contributed by atoms with van der Waals surface area (Å²) in [5.74, 6) is 0. The lowest BCUT2D eigenvalue weighted by Crippen LogP contribution is -2.46. The molecular weight excluding hydrogens is 347 g/mol. The second kappa shape index (κ2) is 6.46. The number of alkyl halides is 1. The van der Waals surface area contributed by atoms with Gasteiger partial charge in [0.15, 0.2) is 20.2 Å². The van der Waals surface area contributed by atoms with Crippen LogP contribution in [0.2, 0.25) is 18.1 Å². The van der Waals surface area contributed by atoms with Crippen molar-refractivity contribution in [3.05, 3.63) is 33.1 Å². The molecule has 9 heteroatoms. The molecule has 0 amide bonds. The van der Waals surface area contributed by atoms with Crippen LogP contribution in [0.4, 0.5) is 4.39 Å². The molecule has 142 valence electrons. The number of hydrogen-bond donors (Lipinski definition) is 2. The molecular formula is C16H27FN2O5Si. The fourth-order valence-corrected chi connectivity index (χ4v) is 3.48. The second-order valence-corrected chi connectivity index (χ2v) is 13.0. The number of hydrogen-bond acceptors (Lipinski definition) is 5. The van der Waals surface area contributed by atoms with Crippen molar-refractivity contribution in [3.8, 4) is 0 Å². The highest BCUT2D eigenvalue weighted by Crippen LogP contribution is 2.42. The van der Waals surface area contributed by atoms with E-state index in [1.807, 2.05) is 13.1 Å². The molecule has 4 atom stereocenters. The Labute approximate surface area is 146 Å². The van der Waals surface area contributed by atoms with Crippen molar-refractivity contribution < 1.29 is 18.7 Å². The van der Waals surface area contributed by atoms with E-state index in [4.69, 9.17) is 9.16 Å². The average Bonchev–Trinajstić information content (AvgIpc) is 2.67. The number of aromatic amines is 1. The van der Waals surface area contributed by atoms with Crippen LogP contribution in [0.3, 0.4) is 0 Å². The van der Waals surface area contributed by atoms with Gasteiger partial charge in [-0.25, -0.2) is 9.18 Å². The molecule has 1 aromatic heterocycles. The van der Waals surface area contributed by atoms with E-state index in [2.05, 4.69) is 25.8 Å². The van der Waals surface area contributed by atoms with Gasteiger partial charge in [0.05, 0.1) is 6.61 Å². The summed E-state index contributed by atoms with van der Waals surface area (Å²) in [4.78, 5) is 25.2. The second-order valence-electron chi connectivity index (χ2n) is 8.21. The summed E-state index contributed by atoms with van der Waals surface area (Å²) >= 11 is 0. The molecule has 0 aliphatic carbocycles. The van der Waals surface area contributed by atoms with E-state index in [1.165, 1.54) is 6.92 Å². The van der Waals surface area contributed by atoms with Gasteiger partial charge in [-0.15, -0.1) is 0 Å². The van der Waals surface area contributed by atoms with Crippen molar-refractivity contribution in [2.45, 2.75) is 69.9 Å². The topological polar surface area (TPSA) is 93.5 Å². The molecule has 2 rings (SSSR count). The highest BCUT2D eigenvalue weighted by Gasteiger charge is 2.55. The van der Waals surface area contributed by atoms with Crippen molar-refractivity contribution in [2.24, 2.45) is 0 Å². The Hall–Kier alpha value is -1.29. The van der Waals surface area contributed by atoms with Crippen molar-refractivity contribution in [1.82, 2.24) is 9.55 Å². The molecule has 1 unspecified atom stereocenters. The van der Waals surface area contributed by atoms with Gasteiger partial charge in [0, 0.05) is 12.3 Å². The summed E-state index contributed by atoms with van der Waals surface area (Å²) in [7, 11) is -2.10. The normalized spacial score (nSPS) is 30.6. The van der Waals surface area contributed by atoms with Gasteiger partial charge in [-0.3, -0.25) is 14.3 Å². The summed E-state index contributed by atoms with van der Waals surface area (Å²) in [5.41, 5.74) is -3.58. The van der Waals surface area contributed by atoms with Crippen LogP contribution in [0.5, 0.6) is 0 Å². The summed E-state index contributed by atoms with van der Waals surface area (Å²) in [5, 5.41) is 10.3. The molecule has 2 heterocycles. The number of nitrogens with one attached hydrogen (secondary N) is 1. The number of aromatic nitrogens is 2. The standard InChI is InChI=1S/C16H27FN2O5Si/c1-15(2,3)25(5,6)23-9-10-12(21)16(4,17)13(24-10)19-8-7-11(20)18-14(19)22/h7-8,10,12-13,21H,9H2,1-6H3,(H,18,20,22)/t10-,12?,13-,16+/m1/s1. The third-order valence-corrected chi connectivity index (χ3v) is 9.74. The zero-order valence-corrected chi connectivity index (χ0v) is 16.5. The largest absolute Gasteiger partial charge is 0.414 e. The quantitative estimate of drug-likeness (QED) is 0.780. The molecule has 7 nitrogen and oxygen atoms in total. The maximum atomic E-state index is 15.1. The molecule has 0 bridgehead atoms. The van der Waals surface area contributed by atoms with Gasteiger partial charge >= 0.3 is 5.69 Å². The molecule has 1 saturated heterocycles. The number of aliphatic hydroxyl groups excluding tert-OH is 1. The number of ether oxygens (including phenoxy) is 1. The van der Waals surface area contributed by atoms with Crippen LogP contribution in [0, 0.1) is 0 Å². The van der Waals surface area contributed by atoms with Crippen LogP contribution in [0.25, 0.3) is 0 Å². The molecule has 0 saturated carbocycles. The average molecular weight is 374 g/mol. The zero-order chi connectivity index (χ0) is 19.2. The Morgan fingerprint density at radius 2 is 2.04 bits per heavy atom. The number of halogens is 1. The van der Waals surface area contributed by atoms with Crippen LogP contribution in [-0.4, -0.2) is 47.5 Å². The zero-order valence-electron chi connectivity index (χ0n) is 15.5. The maximum Gasteiger partial charge on any atom is 0.330 e. The summed E-state index contributed by atoms with van der Waals surface area (Å²) in [6.45, 7) is 11.5. The molecule has 25 heavy (non-hydrogen) atoms. The van der Waals surface area contributed by atoms with Crippen LogP contribution in [-0.2, 0) is 9.16 Å². The summed E-state index contributed by atoms with van der Waals surface area (Å²) in [6.07, 6.45) is -2.55. The molecule has 0 spiro atoms. The Balaban J connectivity index is 2.22. The van der Waals surface area contributed by atoms with E-state index < -0.39 is 43.7 Å². The molecule has 1 aliphatic rings. The van der Waals surface area contributed by atoms with Gasteiger partial charge < -0.3 is 14.3 Å². The van der Waals surface area contributed by atoms with E-state index >= 15 is 4.39 Å². The minimum Gasteiger partial charge on any atom is -0.414 e. The van der Waals surface area contributed by atoms with Crippen LogP contribution in [0.1, 0.15) is 33.9 Å². The number of nitrogens with zero attached hydrogens (tertiary/aromatic N) is 1. The number of H-pyrrole nitrogens is 1. The van der Waals surface area contributed by atoms with Gasteiger partial charge in [-0.2, -0.15) is 0 Å². The van der Waals surface area contributed by atoms with E-state index in [0.717, 1.165) is 16.8 Å². The Bertz CT molecular complexity index is 737. The first-order chi connectivity index (χ1) is 11.3. The highest BCUT2D eigenvalue weighted by molar-refractivity contribution is 6.74. The van der Waals surface area contributed by atoms with E-state index in [-0.39, 0.29) is 11.6 Å². The predicted molar refractivity (Wildman–Crippen MR) is 93.9 cm³/mol.